The second kappa shape index (κ2) is 8.79. The molecule has 0 aromatic carbocycles. The maximum Gasteiger partial charge on any atom is 0.270 e. The van der Waals surface area contributed by atoms with Crippen molar-refractivity contribution in [2.24, 2.45) is 0 Å². The van der Waals surface area contributed by atoms with Gasteiger partial charge in [0.1, 0.15) is 5.69 Å². The van der Waals surface area contributed by atoms with Crippen molar-refractivity contribution in [3.05, 3.63) is 48.0 Å². The number of aromatic nitrogens is 3. The van der Waals surface area contributed by atoms with E-state index in [0.29, 0.717) is 24.7 Å². The molecule has 2 rings (SSSR count). The number of hydrogen-bond donors (Lipinski definition) is 2. The van der Waals surface area contributed by atoms with Gasteiger partial charge in [0.25, 0.3) is 5.91 Å². The highest BCUT2D eigenvalue weighted by Gasteiger charge is 2.08. The molecule has 2 heterocycles. The predicted molar refractivity (Wildman–Crippen MR) is 89.1 cm³/mol. The molecule has 0 bridgehead atoms. The van der Waals surface area contributed by atoms with Gasteiger partial charge in [0.15, 0.2) is 0 Å². The van der Waals surface area contributed by atoms with Crippen LogP contribution >= 0.6 is 0 Å². The van der Waals surface area contributed by atoms with E-state index in [4.69, 9.17) is 0 Å². The molecule has 122 valence electrons. The zero-order valence-electron chi connectivity index (χ0n) is 13.5. The first-order chi connectivity index (χ1) is 11.1. The first kappa shape index (κ1) is 16.8. The summed E-state index contributed by atoms with van der Waals surface area (Å²) in [6.45, 7) is 2.11. The molecule has 2 aromatic rings. The van der Waals surface area contributed by atoms with Crippen LogP contribution in [-0.4, -0.2) is 52.9 Å². The molecule has 0 saturated carbocycles. The number of nitrogens with zero attached hydrogens (tertiary/aromatic N) is 4. The van der Waals surface area contributed by atoms with Crippen molar-refractivity contribution in [1.82, 2.24) is 25.2 Å². The van der Waals surface area contributed by atoms with Crippen molar-refractivity contribution < 1.29 is 4.79 Å². The van der Waals surface area contributed by atoms with Gasteiger partial charge < -0.3 is 15.5 Å². The number of amides is 1. The largest absolute Gasteiger partial charge is 0.351 e. The average Bonchev–Trinajstić information content (AvgIpc) is 2.58. The molecule has 2 N–H and O–H groups in total. The van der Waals surface area contributed by atoms with Crippen LogP contribution in [0.3, 0.4) is 0 Å². The summed E-state index contributed by atoms with van der Waals surface area (Å²) >= 11 is 0. The quantitative estimate of drug-likeness (QED) is 0.712. The summed E-state index contributed by atoms with van der Waals surface area (Å²) < 4.78 is 0. The van der Waals surface area contributed by atoms with Gasteiger partial charge in [-0.15, -0.1) is 0 Å². The normalized spacial score (nSPS) is 10.6. The smallest absolute Gasteiger partial charge is 0.270 e. The van der Waals surface area contributed by atoms with Crippen molar-refractivity contribution in [2.75, 3.05) is 32.5 Å². The molecule has 0 atom stereocenters. The van der Waals surface area contributed by atoms with Crippen molar-refractivity contribution >= 4 is 11.9 Å². The molecule has 0 saturated heterocycles. The van der Waals surface area contributed by atoms with E-state index in [1.54, 1.807) is 24.7 Å². The lowest BCUT2D eigenvalue weighted by molar-refractivity contribution is 0.0947. The van der Waals surface area contributed by atoms with Crippen LogP contribution in [0, 0.1) is 0 Å². The number of rotatable bonds is 8. The molecule has 0 aliphatic rings. The predicted octanol–water partition coefficient (Wildman–Crippen LogP) is 1.17. The van der Waals surface area contributed by atoms with Crippen LogP contribution in [0.25, 0.3) is 0 Å². The van der Waals surface area contributed by atoms with Gasteiger partial charge in [0.2, 0.25) is 5.95 Å². The van der Waals surface area contributed by atoms with Crippen LogP contribution in [0.1, 0.15) is 22.5 Å². The summed E-state index contributed by atoms with van der Waals surface area (Å²) in [5.41, 5.74) is 1.38. The van der Waals surface area contributed by atoms with Gasteiger partial charge in [-0.3, -0.25) is 9.78 Å². The molecule has 23 heavy (non-hydrogen) atoms. The van der Waals surface area contributed by atoms with Crippen molar-refractivity contribution in [3.8, 4) is 0 Å². The molecule has 0 unspecified atom stereocenters. The highest BCUT2D eigenvalue weighted by molar-refractivity contribution is 5.92. The van der Waals surface area contributed by atoms with Gasteiger partial charge in [-0.05, 0) is 44.8 Å². The Bertz CT molecular complexity index is 617. The third kappa shape index (κ3) is 5.99. The highest BCUT2D eigenvalue weighted by Crippen LogP contribution is 2.04. The number of hydrogen-bond acceptors (Lipinski definition) is 6. The fourth-order valence-corrected chi connectivity index (χ4v) is 1.94. The second-order valence-corrected chi connectivity index (χ2v) is 5.39. The number of carbonyl (C=O) groups is 1. The molecule has 7 heteroatoms. The molecule has 1 amide bonds. The van der Waals surface area contributed by atoms with Gasteiger partial charge in [-0.1, -0.05) is 6.07 Å². The topological polar surface area (TPSA) is 83.0 Å². The van der Waals surface area contributed by atoms with Gasteiger partial charge in [0, 0.05) is 31.7 Å². The Balaban J connectivity index is 1.85. The number of carbonyl (C=O) groups excluding carboxylic acids is 1. The Kier molecular flexibility index (Phi) is 6.43. The Hall–Kier alpha value is -2.54. The third-order valence-electron chi connectivity index (χ3n) is 3.13. The molecular formula is C16H22N6O. The standard InChI is InChI=1S/C16H22N6O/c1-22(2)10-4-8-18-15(23)14-6-9-19-16(21-14)20-12-13-5-3-7-17-11-13/h3,5-7,9,11H,4,8,10,12H2,1-2H3,(H,18,23)(H,19,20,21). The summed E-state index contributed by atoms with van der Waals surface area (Å²) in [5.74, 6) is 0.241. The van der Waals surface area contributed by atoms with Crippen LogP contribution in [0.5, 0.6) is 0 Å². The maximum absolute atomic E-state index is 12.1. The van der Waals surface area contributed by atoms with E-state index in [1.165, 1.54) is 0 Å². The Labute approximate surface area is 136 Å². The molecule has 0 radical (unpaired) electrons. The number of pyridine rings is 1. The molecule has 0 spiro atoms. The van der Waals surface area contributed by atoms with Crippen molar-refractivity contribution in [2.45, 2.75) is 13.0 Å². The van der Waals surface area contributed by atoms with Crippen LogP contribution in [0.4, 0.5) is 5.95 Å². The van der Waals surface area contributed by atoms with Crippen molar-refractivity contribution in [1.29, 1.82) is 0 Å². The summed E-state index contributed by atoms with van der Waals surface area (Å²) in [6.07, 6.45) is 5.97. The average molecular weight is 314 g/mol. The fourth-order valence-electron chi connectivity index (χ4n) is 1.94. The monoisotopic (exact) mass is 314 g/mol. The van der Waals surface area contributed by atoms with Gasteiger partial charge in [-0.25, -0.2) is 9.97 Å². The lowest BCUT2D eigenvalue weighted by atomic mass is 10.3. The van der Waals surface area contributed by atoms with Crippen LogP contribution in [0.15, 0.2) is 36.8 Å². The summed E-state index contributed by atoms with van der Waals surface area (Å²) in [6, 6.07) is 5.44. The van der Waals surface area contributed by atoms with E-state index in [-0.39, 0.29) is 5.91 Å². The SMILES string of the molecule is CN(C)CCCNC(=O)c1ccnc(NCc2cccnc2)n1. The molecule has 7 nitrogen and oxygen atoms in total. The van der Waals surface area contributed by atoms with E-state index in [1.807, 2.05) is 26.2 Å². The minimum atomic E-state index is -0.185. The Morgan fingerprint density at radius 1 is 1.26 bits per heavy atom. The minimum Gasteiger partial charge on any atom is -0.351 e. The lowest BCUT2D eigenvalue weighted by Gasteiger charge is -2.10. The first-order valence-corrected chi connectivity index (χ1v) is 7.54. The number of anilines is 1. The minimum absolute atomic E-state index is 0.185. The first-order valence-electron chi connectivity index (χ1n) is 7.54. The lowest BCUT2D eigenvalue weighted by Crippen LogP contribution is -2.28. The van der Waals surface area contributed by atoms with E-state index < -0.39 is 0 Å². The van der Waals surface area contributed by atoms with Crippen LogP contribution < -0.4 is 10.6 Å². The van der Waals surface area contributed by atoms with E-state index in [0.717, 1.165) is 18.5 Å². The summed E-state index contributed by atoms with van der Waals surface area (Å²) in [7, 11) is 4.01. The molecule has 2 aromatic heterocycles. The highest BCUT2D eigenvalue weighted by atomic mass is 16.1. The molecule has 0 aliphatic heterocycles. The zero-order valence-corrected chi connectivity index (χ0v) is 13.5. The molecule has 0 fully saturated rings. The fraction of sp³-hybridized carbons (Fsp3) is 0.375. The molecular weight excluding hydrogens is 292 g/mol. The maximum atomic E-state index is 12.1. The van der Waals surface area contributed by atoms with E-state index in [2.05, 4.69) is 30.5 Å². The Morgan fingerprint density at radius 2 is 2.13 bits per heavy atom. The van der Waals surface area contributed by atoms with E-state index in [9.17, 15) is 4.79 Å². The molecule has 0 aliphatic carbocycles. The van der Waals surface area contributed by atoms with E-state index >= 15 is 0 Å². The van der Waals surface area contributed by atoms with Gasteiger partial charge in [-0.2, -0.15) is 0 Å². The Morgan fingerprint density at radius 3 is 2.87 bits per heavy atom. The summed E-state index contributed by atoms with van der Waals surface area (Å²) in [5, 5.41) is 5.95. The second-order valence-electron chi connectivity index (χ2n) is 5.39. The number of nitrogens with one attached hydrogen (secondary N) is 2. The van der Waals surface area contributed by atoms with Gasteiger partial charge in [0.05, 0.1) is 0 Å². The van der Waals surface area contributed by atoms with Gasteiger partial charge >= 0.3 is 0 Å². The summed E-state index contributed by atoms with van der Waals surface area (Å²) in [4.78, 5) is 26.6. The third-order valence-corrected chi connectivity index (χ3v) is 3.13. The van der Waals surface area contributed by atoms with Crippen molar-refractivity contribution in [3.63, 3.8) is 0 Å². The van der Waals surface area contributed by atoms with Crippen LogP contribution in [0.2, 0.25) is 0 Å². The zero-order chi connectivity index (χ0) is 16.5. The van der Waals surface area contributed by atoms with Crippen LogP contribution in [-0.2, 0) is 6.54 Å².